The fraction of sp³-hybridized carbons (Fsp3) is 0.462. The Kier molecular flexibility index (Phi) is 7.67. The minimum Gasteiger partial charge on any atom is -0.352 e. The Morgan fingerprint density at radius 1 is 1.03 bits per heavy atom. The monoisotopic (exact) mass is 406 g/mol. The molecular weight excluding hydrogens is 372 g/mol. The molecule has 4 nitrogen and oxygen atoms in total. The van der Waals surface area contributed by atoms with Crippen LogP contribution in [0.4, 0.5) is 0 Å². The van der Waals surface area contributed by atoms with Gasteiger partial charge in [0.15, 0.2) is 0 Å². The highest BCUT2D eigenvalue weighted by Gasteiger charge is 2.30. The van der Waals surface area contributed by atoms with Gasteiger partial charge in [0.25, 0.3) is 0 Å². The van der Waals surface area contributed by atoms with Crippen molar-refractivity contribution in [2.45, 2.75) is 77.9 Å². The first-order valence-corrected chi connectivity index (χ1v) is 11.2. The van der Waals surface area contributed by atoms with E-state index >= 15 is 0 Å². The van der Waals surface area contributed by atoms with Crippen LogP contribution in [0.15, 0.2) is 48.5 Å². The van der Waals surface area contributed by atoms with Crippen molar-refractivity contribution in [3.63, 3.8) is 0 Å². The van der Waals surface area contributed by atoms with Crippen LogP contribution >= 0.6 is 0 Å². The maximum atomic E-state index is 13.4. The zero-order chi connectivity index (χ0) is 21.5. The van der Waals surface area contributed by atoms with Gasteiger partial charge in [-0.25, -0.2) is 0 Å². The highest BCUT2D eigenvalue weighted by molar-refractivity contribution is 5.88. The molecule has 0 heterocycles. The third kappa shape index (κ3) is 5.71. The number of nitrogens with zero attached hydrogens (tertiary/aromatic N) is 1. The van der Waals surface area contributed by atoms with E-state index in [0.29, 0.717) is 19.4 Å². The van der Waals surface area contributed by atoms with E-state index in [4.69, 9.17) is 0 Å². The molecule has 1 N–H and O–H groups in total. The van der Waals surface area contributed by atoms with Crippen LogP contribution in [0.5, 0.6) is 0 Å². The first-order chi connectivity index (χ1) is 14.5. The van der Waals surface area contributed by atoms with E-state index in [1.165, 1.54) is 18.4 Å². The van der Waals surface area contributed by atoms with Crippen molar-refractivity contribution in [2.75, 3.05) is 0 Å². The first-order valence-electron chi connectivity index (χ1n) is 11.2. The topological polar surface area (TPSA) is 49.4 Å². The molecule has 0 unspecified atom stereocenters. The number of amides is 2. The number of nitrogens with one attached hydrogen (secondary N) is 1. The quantitative estimate of drug-likeness (QED) is 0.690. The molecule has 1 atom stereocenters. The summed E-state index contributed by atoms with van der Waals surface area (Å²) in [7, 11) is 0. The second kappa shape index (κ2) is 10.4. The van der Waals surface area contributed by atoms with Gasteiger partial charge in [0.1, 0.15) is 6.04 Å². The lowest BCUT2D eigenvalue weighted by atomic mass is 10.0. The number of hydrogen-bond donors (Lipinski definition) is 1. The molecule has 0 saturated heterocycles. The summed E-state index contributed by atoms with van der Waals surface area (Å²) in [5.74, 6) is -0.0224. The minimum atomic E-state index is -0.455. The second-order valence-electron chi connectivity index (χ2n) is 8.52. The lowest BCUT2D eigenvalue weighted by molar-refractivity contribution is -0.141. The Bertz CT molecular complexity index is 854. The lowest BCUT2D eigenvalue weighted by Crippen LogP contribution is -2.51. The molecule has 0 aliphatic heterocycles. The number of rotatable bonds is 8. The third-order valence-electron chi connectivity index (χ3n) is 6.17. The minimum absolute atomic E-state index is 0.00414. The Morgan fingerprint density at radius 3 is 2.33 bits per heavy atom. The molecule has 0 aromatic heterocycles. The zero-order valence-electron chi connectivity index (χ0n) is 18.5. The van der Waals surface area contributed by atoms with E-state index in [2.05, 4.69) is 18.3 Å². The summed E-state index contributed by atoms with van der Waals surface area (Å²) in [5.41, 5.74) is 4.37. The van der Waals surface area contributed by atoms with E-state index in [1.807, 2.05) is 56.3 Å². The normalized spacial score (nSPS) is 15.0. The standard InChI is InChI=1S/C26H34N2O2/c1-4-24(26(30)27-23-11-7-8-12-23)28(18-22-10-6-5-9-20(22)3)25(29)17-21-15-13-19(2)14-16-21/h5-6,9-10,13-16,23-24H,4,7-8,11-12,17-18H2,1-3H3,(H,27,30)/t24-/m1/s1. The van der Waals surface area contributed by atoms with Gasteiger partial charge in [-0.05, 0) is 49.8 Å². The molecule has 1 aliphatic carbocycles. The van der Waals surface area contributed by atoms with Crippen LogP contribution in [-0.4, -0.2) is 28.8 Å². The summed E-state index contributed by atoms with van der Waals surface area (Å²) in [6.07, 6.45) is 5.32. The lowest BCUT2D eigenvalue weighted by Gasteiger charge is -2.32. The van der Waals surface area contributed by atoms with Crippen LogP contribution < -0.4 is 5.32 Å². The van der Waals surface area contributed by atoms with Crippen molar-refractivity contribution in [3.05, 3.63) is 70.8 Å². The fourth-order valence-corrected chi connectivity index (χ4v) is 4.24. The fourth-order valence-electron chi connectivity index (χ4n) is 4.24. The highest BCUT2D eigenvalue weighted by Crippen LogP contribution is 2.20. The Balaban J connectivity index is 1.82. The maximum Gasteiger partial charge on any atom is 0.243 e. The smallest absolute Gasteiger partial charge is 0.243 e. The van der Waals surface area contributed by atoms with Gasteiger partial charge in [-0.1, -0.05) is 73.9 Å². The average molecular weight is 407 g/mol. The molecule has 2 aromatic carbocycles. The molecule has 4 heteroatoms. The van der Waals surface area contributed by atoms with Gasteiger partial charge in [0, 0.05) is 12.6 Å². The molecule has 1 saturated carbocycles. The van der Waals surface area contributed by atoms with Gasteiger partial charge in [-0.3, -0.25) is 9.59 Å². The molecule has 2 amide bonds. The van der Waals surface area contributed by atoms with E-state index in [9.17, 15) is 9.59 Å². The van der Waals surface area contributed by atoms with Crippen molar-refractivity contribution < 1.29 is 9.59 Å². The number of hydrogen-bond acceptors (Lipinski definition) is 2. The number of aryl methyl sites for hydroxylation is 2. The predicted octanol–water partition coefficient (Wildman–Crippen LogP) is 4.71. The van der Waals surface area contributed by atoms with E-state index in [1.54, 1.807) is 4.90 Å². The average Bonchev–Trinajstić information content (AvgIpc) is 3.24. The second-order valence-corrected chi connectivity index (χ2v) is 8.52. The van der Waals surface area contributed by atoms with Crippen molar-refractivity contribution >= 4 is 11.8 Å². The number of benzene rings is 2. The van der Waals surface area contributed by atoms with Crippen LogP contribution in [0.3, 0.4) is 0 Å². The van der Waals surface area contributed by atoms with Crippen molar-refractivity contribution in [1.82, 2.24) is 10.2 Å². The van der Waals surface area contributed by atoms with Gasteiger partial charge in [0.2, 0.25) is 11.8 Å². The first kappa shape index (κ1) is 22.1. The highest BCUT2D eigenvalue weighted by atomic mass is 16.2. The molecular formula is C26H34N2O2. The van der Waals surface area contributed by atoms with E-state index in [-0.39, 0.29) is 17.9 Å². The van der Waals surface area contributed by atoms with Gasteiger partial charge in [-0.15, -0.1) is 0 Å². The molecule has 2 aromatic rings. The van der Waals surface area contributed by atoms with Crippen LogP contribution in [0, 0.1) is 13.8 Å². The molecule has 0 spiro atoms. The SMILES string of the molecule is CC[C@H](C(=O)NC1CCCC1)N(Cc1ccccc1C)C(=O)Cc1ccc(C)cc1. The summed E-state index contributed by atoms with van der Waals surface area (Å²) in [4.78, 5) is 28.3. The van der Waals surface area contributed by atoms with Gasteiger partial charge >= 0.3 is 0 Å². The summed E-state index contributed by atoms with van der Waals surface area (Å²) in [6, 6.07) is 15.9. The molecule has 0 radical (unpaired) electrons. The molecule has 3 rings (SSSR count). The summed E-state index contributed by atoms with van der Waals surface area (Å²) in [6.45, 7) is 6.53. The predicted molar refractivity (Wildman–Crippen MR) is 121 cm³/mol. The van der Waals surface area contributed by atoms with E-state index in [0.717, 1.165) is 29.5 Å². The number of carbonyl (C=O) groups is 2. The van der Waals surface area contributed by atoms with Crippen molar-refractivity contribution in [3.8, 4) is 0 Å². The summed E-state index contributed by atoms with van der Waals surface area (Å²) < 4.78 is 0. The van der Waals surface area contributed by atoms with Crippen LogP contribution in [0.25, 0.3) is 0 Å². The van der Waals surface area contributed by atoms with Crippen molar-refractivity contribution in [2.24, 2.45) is 0 Å². The van der Waals surface area contributed by atoms with Crippen LogP contribution in [0.2, 0.25) is 0 Å². The third-order valence-corrected chi connectivity index (χ3v) is 6.17. The van der Waals surface area contributed by atoms with Gasteiger partial charge < -0.3 is 10.2 Å². The Morgan fingerprint density at radius 2 is 1.70 bits per heavy atom. The molecule has 160 valence electrons. The molecule has 0 bridgehead atoms. The van der Waals surface area contributed by atoms with Crippen LogP contribution in [0.1, 0.15) is 61.3 Å². The molecule has 30 heavy (non-hydrogen) atoms. The number of carbonyl (C=O) groups excluding carboxylic acids is 2. The Labute approximate surface area is 180 Å². The largest absolute Gasteiger partial charge is 0.352 e. The van der Waals surface area contributed by atoms with Crippen molar-refractivity contribution in [1.29, 1.82) is 0 Å². The zero-order valence-corrected chi connectivity index (χ0v) is 18.5. The van der Waals surface area contributed by atoms with E-state index < -0.39 is 6.04 Å². The summed E-state index contributed by atoms with van der Waals surface area (Å²) in [5, 5.41) is 3.20. The Hall–Kier alpha value is -2.62. The summed E-state index contributed by atoms with van der Waals surface area (Å²) >= 11 is 0. The van der Waals surface area contributed by atoms with Gasteiger partial charge in [0.05, 0.1) is 6.42 Å². The van der Waals surface area contributed by atoms with Gasteiger partial charge in [-0.2, -0.15) is 0 Å². The maximum absolute atomic E-state index is 13.4. The molecule has 1 aliphatic rings. The van der Waals surface area contributed by atoms with Crippen LogP contribution in [-0.2, 0) is 22.6 Å². The molecule has 1 fully saturated rings.